The number of likely N-dealkylation sites (tertiary alicyclic amines) is 1. The molecule has 1 aromatic heterocycles. The summed E-state index contributed by atoms with van der Waals surface area (Å²) in [5.41, 5.74) is 3.17. The molecule has 1 aromatic carbocycles. The first-order valence-electron chi connectivity index (χ1n) is 9.04. The molecule has 0 saturated carbocycles. The van der Waals surface area contributed by atoms with Gasteiger partial charge in [0, 0.05) is 45.3 Å². The van der Waals surface area contributed by atoms with Crippen molar-refractivity contribution in [3.63, 3.8) is 0 Å². The lowest BCUT2D eigenvalue weighted by atomic mass is 9.96. The highest BCUT2D eigenvalue weighted by Gasteiger charge is 2.29. The number of nitrogens with zero attached hydrogens (tertiary/aromatic N) is 3. The van der Waals surface area contributed by atoms with E-state index >= 15 is 0 Å². The monoisotopic (exact) mass is 354 g/mol. The number of nitrogens with one attached hydrogen (secondary N) is 1. The summed E-state index contributed by atoms with van der Waals surface area (Å²) < 4.78 is 0. The van der Waals surface area contributed by atoms with Gasteiger partial charge in [0.1, 0.15) is 0 Å². The van der Waals surface area contributed by atoms with Crippen LogP contribution in [0.2, 0.25) is 0 Å². The quantitative estimate of drug-likeness (QED) is 0.921. The second kappa shape index (κ2) is 7.72. The van der Waals surface area contributed by atoms with Crippen LogP contribution >= 0.6 is 0 Å². The molecule has 0 unspecified atom stereocenters. The van der Waals surface area contributed by atoms with E-state index in [1.54, 1.807) is 30.1 Å². The maximum Gasteiger partial charge on any atom is 0.319 e. The van der Waals surface area contributed by atoms with E-state index in [9.17, 15) is 9.59 Å². The van der Waals surface area contributed by atoms with Crippen LogP contribution in [0.3, 0.4) is 0 Å². The van der Waals surface area contributed by atoms with Gasteiger partial charge in [-0.15, -0.1) is 0 Å². The fourth-order valence-electron chi connectivity index (χ4n) is 3.52. The molecule has 1 atom stereocenters. The number of aromatic nitrogens is 1. The Balaban J connectivity index is 1.68. The largest absolute Gasteiger partial charge is 0.352 e. The molecule has 2 heterocycles. The van der Waals surface area contributed by atoms with Gasteiger partial charge in [-0.2, -0.15) is 0 Å². The number of amides is 3. The predicted octanol–water partition coefficient (Wildman–Crippen LogP) is 2.55. The van der Waals surface area contributed by atoms with Gasteiger partial charge in [-0.05, 0) is 43.0 Å². The minimum Gasteiger partial charge on any atom is -0.352 e. The third-order valence-electron chi connectivity index (χ3n) is 5.02. The highest BCUT2D eigenvalue weighted by atomic mass is 16.2. The van der Waals surface area contributed by atoms with E-state index in [2.05, 4.69) is 10.3 Å². The van der Waals surface area contributed by atoms with Crippen LogP contribution in [0.4, 0.5) is 4.79 Å². The van der Waals surface area contributed by atoms with E-state index in [-0.39, 0.29) is 17.9 Å². The molecule has 2 aromatic rings. The van der Waals surface area contributed by atoms with Crippen molar-refractivity contribution in [3.8, 4) is 0 Å². The molecule has 1 aliphatic heterocycles. The van der Waals surface area contributed by atoms with Crippen LogP contribution in [-0.2, 0) is 11.3 Å². The van der Waals surface area contributed by atoms with Gasteiger partial charge in [-0.25, -0.2) is 4.79 Å². The first-order valence-corrected chi connectivity index (χ1v) is 9.04. The zero-order valence-electron chi connectivity index (χ0n) is 15.7. The Labute approximate surface area is 154 Å². The molecule has 0 spiro atoms. The van der Waals surface area contributed by atoms with Crippen LogP contribution in [-0.4, -0.2) is 53.9 Å². The topological polar surface area (TPSA) is 65.5 Å². The second-order valence-electron chi connectivity index (χ2n) is 7.11. The molecule has 0 aliphatic carbocycles. The van der Waals surface area contributed by atoms with Gasteiger partial charge in [0.15, 0.2) is 0 Å². The maximum absolute atomic E-state index is 12.7. The fraction of sp³-hybridized carbons (Fsp3) is 0.450. The molecular formula is C20H26N4O2. The number of piperidine rings is 1. The van der Waals surface area contributed by atoms with Gasteiger partial charge in [0.2, 0.25) is 5.91 Å². The number of urea groups is 1. The van der Waals surface area contributed by atoms with Crippen molar-refractivity contribution < 1.29 is 9.59 Å². The van der Waals surface area contributed by atoms with E-state index < -0.39 is 0 Å². The van der Waals surface area contributed by atoms with E-state index in [0.29, 0.717) is 13.1 Å². The van der Waals surface area contributed by atoms with Gasteiger partial charge in [-0.3, -0.25) is 9.78 Å². The van der Waals surface area contributed by atoms with E-state index in [4.69, 9.17) is 0 Å². The fourth-order valence-corrected chi connectivity index (χ4v) is 3.52. The van der Waals surface area contributed by atoms with Crippen LogP contribution < -0.4 is 5.32 Å². The predicted molar refractivity (Wildman–Crippen MR) is 102 cm³/mol. The normalized spacial score (nSPS) is 17.2. The van der Waals surface area contributed by atoms with Gasteiger partial charge < -0.3 is 15.1 Å². The van der Waals surface area contributed by atoms with Crippen LogP contribution in [0, 0.1) is 12.8 Å². The zero-order valence-corrected chi connectivity index (χ0v) is 15.7. The molecule has 0 radical (unpaired) electrons. The summed E-state index contributed by atoms with van der Waals surface area (Å²) in [5, 5.41) is 4.14. The average molecular weight is 354 g/mol. The van der Waals surface area contributed by atoms with Gasteiger partial charge >= 0.3 is 6.03 Å². The Morgan fingerprint density at radius 3 is 2.88 bits per heavy atom. The molecule has 1 saturated heterocycles. The smallest absolute Gasteiger partial charge is 0.319 e. The number of benzene rings is 1. The summed E-state index contributed by atoms with van der Waals surface area (Å²) in [6.07, 6.45) is 3.45. The number of aryl methyl sites for hydroxylation is 1. The number of pyridine rings is 1. The Kier molecular flexibility index (Phi) is 5.40. The molecule has 1 fully saturated rings. The molecule has 26 heavy (non-hydrogen) atoms. The van der Waals surface area contributed by atoms with Crippen molar-refractivity contribution in [1.29, 1.82) is 0 Å². The van der Waals surface area contributed by atoms with Crippen molar-refractivity contribution in [3.05, 3.63) is 41.6 Å². The third-order valence-corrected chi connectivity index (χ3v) is 5.02. The number of carbonyl (C=O) groups excluding carboxylic acids is 2. The van der Waals surface area contributed by atoms with E-state index in [0.717, 1.165) is 41.4 Å². The number of hydrogen-bond donors (Lipinski definition) is 1. The molecule has 3 rings (SSSR count). The Bertz CT molecular complexity index is 819. The van der Waals surface area contributed by atoms with Crippen molar-refractivity contribution >= 4 is 22.8 Å². The third kappa shape index (κ3) is 3.79. The molecule has 3 amide bonds. The summed E-state index contributed by atoms with van der Waals surface area (Å²) in [5.74, 6) is -0.136. The van der Waals surface area contributed by atoms with Crippen molar-refractivity contribution in [2.75, 3.05) is 27.2 Å². The van der Waals surface area contributed by atoms with Crippen LogP contribution in [0.15, 0.2) is 30.5 Å². The summed E-state index contributed by atoms with van der Waals surface area (Å²) >= 11 is 0. The molecule has 0 bridgehead atoms. The minimum atomic E-state index is -0.152. The standard InChI is InChI=1S/C20H26N4O2/c1-14-8-9-18-16(7-4-10-21-18)17(14)12-22-19(25)15-6-5-11-24(13-15)20(26)23(2)3/h4,7-10,15H,5-6,11-13H2,1-3H3,(H,22,25)/t15-/m0/s1. The Morgan fingerprint density at radius 2 is 2.12 bits per heavy atom. The van der Waals surface area contributed by atoms with Crippen molar-refractivity contribution in [1.82, 2.24) is 20.1 Å². The molecular weight excluding hydrogens is 328 g/mol. The molecule has 138 valence electrons. The molecule has 6 nitrogen and oxygen atoms in total. The van der Waals surface area contributed by atoms with Crippen LogP contribution in [0.5, 0.6) is 0 Å². The van der Waals surface area contributed by atoms with E-state index in [1.807, 2.05) is 31.2 Å². The first kappa shape index (κ1) is 18.2. The number of rotatable bonds is 3. The molecule has 1 N–H and O–H groups in total. The zero-order chi connectivity index (χ0) is 18.7. The van der Waals surface area contributed by atoms with Crippen LogP contribution in [0.25, 0.3) is 10.9 Å². The maximum atomic E-state index is 12.7. The first-order chi connectivity index (χ1) is 12.5. The lowest BCUT2D eigenvalue weighted by molar-refractivity contribution is -0.126. The summed E-state index contributed by atoms with van der Waals surface area (Å²) in [6.45, 7) is 3.73. The van der Waals surface area contributed by atoms with Crippen LogP contribution in [0.1, 0.15) is 24.0 Å². The highest BCUT2D eigenvalue weighted by Crippen LogP contribution is 2.21. The highest BCUT2D eigenvalue weighted by molar-refractivity contribution is 5.85. The van der Waals surface area contributed by atoms with E-state index in [1.165, 1.54) is 0 Å². The Hall–Kier alpha value is -2.63. The van der Waals surface area contributed by atoms with Crippen molar-refractivity contribution in [2.45, 2.75) is 26.3 Å². The summed E-state index contributed by atoms with van der Waals surface area (Å²) in [7, 11) is 3.48. The number of fused-ring (bicyclic) bond motifs is 1. The molecule has 6 heteroatoms. The summed E-state index contributed by atoms with van der Waals surface area (Å²) in [6, 6.07) is 7.96. The Morgan fingerprint density at radius 1 is 1.31 bits per heavy atom. The SMILES string of the molecule is Cc1ccc2ncccc2c1CNC(=O)[C@H]1CCCN(C(=O)N(C)C)C1. The van der Waals surface area contributed by atoms with Crippen molar-refractivity contribution in [2.24, 2.45) is 5.92 Å². The van der Waals surface area contributed by atoms with Gasteiger partial charge in [0.05, 0.1) is 11.4 Å². The second-order valence-corrected chi connectivity index (χ2v) is 7.11. The summed E-state index contributed by atoms with van der Waals surface area (Å²) in [4.78, 5) is 32.5. The average Bonchev–Trinajstić information content (AvgIpc) is 2.66. The number of carbonyl (C=O) groups is 2. The lowest BCUT2D eigenvalue weighted by Crippen LogP contribution is -2.48. The lowest BCUT2D eigenvalue weighted by Gasteiger charge is -2.33. The van der Waals surface area contributed by atoms with Gasteiger partial charge in [0.25, 0.3) is 0 Å². The number of hydrogen-bond acceptors (Lipinski definition) is 3. The molecule has 1 aliphatic rings. The van der Waals surface area contributed by atoms with Gasteiger partial charge in [-0.1, -0.05) is 12.1 Å². The minimum absolute atomic E-state index is 0.0153.